The molecule has 0 aliphatic rings. The summed E-state index contributed by atoms with van der Waals surface area (Å²) in [4.78, 5) is 4.26. The molecule has 0 bridgehead atoms. The summed E-state index contributed by atoms with van der Waals surface area (Å²) in [5.41, 5.74) is 8.08. The van der Waals surface area contributed by atoms with Crippen molar-refractivity contribution in [2.45, 2.75) is 27.2 Å². The zero-order chi connectivity index (χ0) is 12.0. The molecule has 0 spiro atoms. The van der Waals surface area contributed by atoms with Gasteiger partial charge in [0.15, 0.2) is 5.96 Å². The number of benzene rings is 1. The molecule has 0 atom stereocenters. The maximum Gasteiger partial charge on any atom is 0.193 e. The molecule has 0 fully saturated rings. The minimum absolute atomic E-state index is 0.488. The molecule has 3 heteroatoms. The van der Waals surface area contributed by atoms with Crippen molar-refractivity contribution in [2.24, 2.45) is 16.6 Å². The summed E-state index contributed by atoms with van der Waals surface area (Å²) < 4.78 is 0. The predicted molar refractivity (Wildman–Crippen MR) is 70.8 cm³/mol. The second-order valence-electron chi connectivity index (χ2n) is 4.30. The summed E-state index contributed by atoms with van der Waals surface area (Å²) in [7, 11) is 0. The van der Waals surface area contributed by atoms with Crippen LogP contribution in [0.5, 0.6) is 0 Å². The van der Waals surface area contributed by atoms with E-state index in [0.29, 0.717) is 11.9 Å². The second kappa shape index (κ2) is 6.16. The van der Waals surface area contributed by atoms with Gasteiger partial charge in [0.1, 0.15) is 0 Å². The van der Waals surface area contributed by atoms with Gasteiger partial charge in [0, 0.05) is 12.2 Å². The van der Waals surface area contributed by atoms with Crippen molar-refractivity contribution in [2.75, 3.05) is 11.9 Å². The van der Waals surface area contributed by atoms with E-state index in [0.717, 1.165) is 18.7 Å². The van der Waals surface area contributed by atoms with Gasteiger partial charge in [-0.05, 0) is 30.0 Å². The van der Waals surface area contributed by atoms with Crippen LogP contribution in [-0.4, -0.2) is 12.5 Å². The van der Waals surface area contributed by atoms with Gasteiger partial charge >= 0.3 is 0 Å². The van der Waals surface area contributed by atoms with E-state index in [1.54, 1.807) is 0 Å². The Kier molecular flexibility index (Phi) is 4.83. The number of aryl methyl sites for hydroxylation is 1. The van der Waals surface area contributed by atoms with Gasteiger partial charge in [-0.1, -0.05) is 32.9 Å². The third kappa shape index (κ3) is 4.34. The van der Waals surface area contributed by atoms with Gasteiger partial charge < -0.3 is 11.1 Å². The fraction of sp³-hybridized carbons (Fsp3) is 0.462. The summed E-state index contributed by atoms with van der Waals surface area (Å²) in [6.07, 6.45) is 1.03. The number of nitrogens with two attached hydrogens (primary N) is 1. The maximum atomic E-state index is 5.78. The standard InChI is InChI=1S/C13H21N3/c1-4-11-6-5-7-12(8-11)16-13(14)15-9-10(2)3/h5-8,10H,4,9H2,1-3H3,(H3,14,15,16). The smallest absolute Gasteiger partial charge is 0.193 e. The molecule has 0 saturated heterocycles. The summed E-state index contributed by atoms with van der Waals surface area (Å²) >= 11 is 0. The van der Waals surface area contributed by atoms with E-state index in [2.05, 4.69) is 43.2 Å². The van der Waals surface area contributed by atoms with Gasteiger partial charge in [-0.3, -0.25) is 4.99 Å². The molecule has 3 nitrogen and oxygen atoms in total. The van der Waals surface area contributed by atoms with E-state index in [1.165, 1.54) is 5.56 Å². The van der Waals surface area contributed by atoms with Crippen molar-refractivity contribution < 1.29 is 0 Å². The number of guanidine groups is 1. The van der Waals surface area contributed by atoms with Gasteiger partial charge in [-0.15, -0.1) is 0 Å². The molecule has 0 amide bonds. The SMILES string of the molecule is CCc1cccc(NC(N)=NCC(C)C)c1. The van der Waals surface area contributed by atoms with Gasteiger partial charge in [-0.2, -0.15) is 0 Å². The Morgan fingerprint density at radius 1 is 1.44 bits per heavy atom. The summed E-state index contributed by atoms with van der Waals surface area (Å²) in [6, 6.07) is 8.22. The van der Waals surface area contributed by atoms with E-state index in [1.807, 2.05) is 12.1 Å². The lowest BCUT2D eigenvalue weighted by Crippen LogP contribution is -2.23. The van der Waals surface area contributed by atoms with Crippen LogP contribution in [0, 0.1) is 5.92 Å². The van der Waals surface area contributed by atoms with Gasteiger partial charge in [0.2, 0.25) is 0 Å². The van der Waals surface area contributed by atoms with Gasteiger partial charge in [-0.25, -0.2) is 0 Å². The van der Waals surface area contributed by atoms with Crippen molar-refractivity contribution in [3.05, 3.63) is 29.8 Å². The highest BCUT2D eigenvalue weighted by atomic mass is 15.1. The molecule has 0 aromatic heterocycles. The first-order valence-electron chi connectivity index (χ1n) is 5.77. The Morgan fingerprint density at radius 3 is 2.81 bits per heavy atom. The zero-order valence-electron chi connectivity index (χ0n) is 10.3. The predicted octanol–water partition coefficient (Wildman–Crippen LogP) is 2.63. The average Bonchev–Trinajstić information content (AvgIpc) is 2.26. The second-order valence-corrected chi connectivity index (χ2v) is 4.30. The molecular formula is C13H21N3. The van der Waals surface area contributed by atoms with E-state index < -0.39 is 0 Å². The number of aliphatic imine (C=N–C) groups is 1. The Balaban J connectivity index is 2.61. The number of nitrogens with one attached hydrogen (secondary N) is 1. The molecule has 0 saturated carbocycles. The molecule has 3 N–H and O–H groups in total. The van der Waals surface area contributed by atoms with Crippen molar-refractivity contribution >= 4 is 11.6 Å². The van der Waals surface area contributed by atoms with Crippen LogP contribution >= 0.6 is 0 Å². The van der Waals surface area contributed by atoms with Crippen molar-refractivity contribution in [3.63, 3.8) is 0 Å². The number of nitrogens with zero attached hydrogens (tertiary/aromatic N) is 1. The first-order valence-corrected chi connectivity index (χ1v) is 5.77. The van der Waals surface area contributed by atoms with E-state index >= 15 is 0 Å². The summed E-state index contributed by atoms with van der Waals surface area (Å²) in [6.45, 7) is 7.13. The number of anilines is 1. The van der Waals surface area contributed by atoms with Crippen molar-refractivity contribution in [3.8, 4) is 0 Å². The Bertz CT molecular complexity index is 356. The van der Waals surface area contributed by atoms with Crippen molar-refractivity contribution in [1.82, 2.24) is 0 Å². The van der Waals surface area contributed by atoms with Crippen LogP contribution in [-0.2, 0) is 6.42 Å². The monoisotopic (exact) mass is 219 g/mol. The van der Waals surface area contributed by atoms with Crippen molar-refractivity contribution in [1.29, 1.82) is 0 Å². The van der Waals surface area contributed by atoms with Crippen LogP contribution in [0.3, 0.4) is 0 Å². The molecule has 1 aromatic carbocycles. The Morgan fingerprint density at radius 2 is 2.19 bits per heavy atom. The van der Waals surface area contributed by atoms with Crippen LogP contribution in [0.25, 0.3) is 0 Å². The molecule has 1 aromatic rings. The molecule has 16 heavy (non-hydrogen) atoms. The minimum Gasteiger partial charge on any atom is -0.370 e. The van der Waals surface area contributed by atoms with Crippen LogP contribution in [0.4, 0.5) is 5.69 Å². The maximum absolute atomic E-state index is 5.78. The normalized spacial score (nSPS) is 11.9. The molecule has 0 unspecified atom stereocenters. The third-order valence-corrected chi connectivity index (χ3v) is 2.23. The summed E-state index contributed by atoms with van der Waals surface area (Å²) in [5, 5.41) is 3.10. The van der Waals surface area contributed by atoms with Crippen LogP contribution in [0.15, 0.2) is 29.3 Å². The van der Waals surface area contributed by atoms with Gasteiger partial charge in [0.05, 0.1) is 0 Å². The lowest BCUT2D eigenvalue weighted by Gasteiger charge is -2.07. The molecule has 0 aliphatic carbocycles. The highest BCUT2D eigenvalue weighted by Gasteiger charge is 1.97. The highest BCUT2D eigenvalue weighted by Crippen LogP contribution is 2.10. The first-order chi connectivity index (χ1) is 7.61. The first kappa shape index (κ1) is 12.6. The third-order valence-electron chi connectivity index (χ3n) is 2.23. The van der Waals surface area contributed by atoms with E-state index in [9.17, 15) is 0 Å². The number of rotatable bonds is 4. The summed E-state index contributed by atoms with van der Waals surface area (Å²) in [5.74, 6) is 1.02. The number of hydrogen-bond donors (Lipinski definition) is 2. The average molecular weight is 219 g/mol. The topological polar surface area (TPSA) is 50.4 Å². The molecule has 1 rings (SSSR count). The van der Waals surface area contributed by atoms with Gasteiger partial charge in [0.25, 0.3) is 0 Å². The number of hydrogen-bond acceptors (Lipinski definition) is 1. The fourth-order valence-corrected chi connectivity index (χ4v) is 1.34. The quantitative estimate of drug-likeness (QED) is 0.604. The van der Waals surface area contributed by atoms with Crippen LogP contribution in [0.2, 0.25) is 0 Å². The lowest BCUT2D eigenvalue weighted by molar-refractivity contribution is 0.665. The Hall–Kier alpha value is -1.51. The molecule has 0 heterocycles. The lowest BCUT2D eigenvalue weighted by atomic mass is 10.1. The van der Waals surface area contributed by atoms with E-state index in [-0.39, 0.29) is 0 Å². The fourth-order valence-electron chi connectivity index (χ4n) is 1.34. The Labute approximate surface area is 97.8 Å². The zero-order valence-corrected chi connectivity index (χ0v) is 10.3. The highest BCUT2D eigenvalue weighted by molar-refractivity contribution is 5.92. The minimum atomic E-state index is 0.488. The molecule has 0 radical (unpaired) electrons. The molecule has 0 aliphatic heterocycles. The van der Waals surface area contributed by atoms with Crippen LogP contribution in [0.1, 0.15) is 26.3 Å². The van der Waals surface area contributed by atoms with E-state index in [4.69, 9.17) is 5.73 Å². The molecule has 88 valence electrons. The van der Waals surface area contributed by atoms with Crippen LogP contribution < -0.4 is 11.1 Å². The largest absolute Gasteiger partial charge is 0.370 e. The molecular weight excluding hydrogens is 198 g/mol.